The number of esters is 1. The molecule has 22 heavy (non-hydrogen) atoms. The van der Waals surface area contributed by atoms with E-state index in [1.54, 1.807) is 20.8 Å². The van der Waals surface area contributed by atoms with E-state index >= 15 is 0 Å². The molecule has 2 aromatic rings. The first-order chi connectivity index (χ1) is 10.4. The molecule has 0 aromatic heterocycles. The highest BCUT2D eigenvalue weighted by molar-refractivity contribution is 6.30. The van der Waals surface area contributed by atoms with Gasteiger partial charge in [0.2, 0.25) is 0 Å². The van der Waals surface area contributed by atoms with Crippen molar-refractivity contribution in [1.29, 1.82) is 0 Å². The maximum Gasteiger partial charge on any atom is 0.349 e. The Balaban J connectivity index is 2.12. The number of halogens is 1. The zero-order valence-electron chi connectivity index (χ0n) is 12.9. The van der Waals surface area contributed by atoms with Gasteiger partial charge in [0.1, 0.15) is 5.75 Å². The molecule has 0 saturated carbocycles. The normalized spacial score (nSPS) is 11.1. The summed E-state index contributed by atoms with van der Waals surface area (Å²) >= 11 is 5.89. The molecule has 0 unspecified atom stereocenters. The molecule has 116 valence electrons. The molecule has 4 heteroatoms. The minimum Gasteiger partial charge on any atom is -0.476 e. The summed E-state index contributed by atoms with van der Waals surface area (Å²) in [5, 5.41) is 0.708. The largest absolute Gasteiger partial charge is 0.476 e. The number of hydrogen-bond acceptors (Lipinski definition) is 3. The molecule has 0 spiro atoms. The van der Waals surface area contributed by atoms with Crippen LogP contribution in [-0.2, 0) is 9.53 Å². The van der Waals surface area contributed by atoms with Crippen LogP contribution in [-0.4, -0.2) is 18.2 Å². The highest BCUT2D eigenvalue weighted by Gasteiger charge is 2.31. The molecule has 0 amide bonds. The maximum atomic E-state index is 11.8. The predicted molar refractivity (Wildman–Crippen MR) is 88.2 cm³/mol. The highest BCUT2D eigenvalue weighted by atomic mass is 35.5. The standard InChI is InChI=1S/C18H19ClO3/c1-4-21-17(20)18(2,3)22-16-11-7-14(8-12-16)13-5-9-15(19)10-6-13/h5-12H,4H2,1-3H3. The van der Waals surface area contributed by atoms with Crippen LogP contribution in [0.2, 0.25) is 5.02 Å². The molecule has 3 nitrogen and oxygen atoms in total. The van der Waals surface area contributed by atoms with Crippen LogP contribution in [0.4, 0.5) is 0 Å². The van der Waals surface area contributed by atoms with E-state index in [4.69, 9.17) is 21.1 Å². The molecule has 2 aromatic carbocycles. The van der Waals surface area contributed by atoms with Crippen LogP contribution in [0, 0.1) is 0 Å². The van der Waals surface area contributed by atoms with E-state index in [1.807, 2.05) is 48.5 Å². The van der Waals surface area contributed by atoms with E-state index in [0.717, 1.165) is 11.1 Å². The Bertz CT molecular complexity index is 630. The van der Waals surface area contributed by atoms with Crippen molar-refractivity contribution in [2.45, 2.75) is 26.4 Å². The van der Waals surface area contributed by atoms with Crippen LogP contribution in [0.15, 0.2) is 48.5 Å². The molecule has 2 rings (SSSR count). The van der Waals surface area contributed by atoms with E-state index in [1.165, 1.54) is 0 Å². The van der Waals surface area contributed by atoms with Crippen LogP contribution >= 0.6 is 11.6 Å². The molecule has 0 atom stereocenters. The second-order valence-corrected chi connectivity index (χ2v) is 5.80. The Labute approximate surface area is 135 Å². The lowest BCUT2D eigenvalue weighted by molar-refractivity contribution is -0.158. The molecule has 0 saturated heterocycles. The van der Waals surface area contributed by atoms with E-state index in [2.05, 4.69) is 0 Å². The molecular weight excluding hydrogens is 300 g/mol. The summed E-state index contributed by atoms with van der Waals surface area (Å²) in [6, 6.07) is 15.2. The van der Waals surface area contributed by atoms with E-state index < -0.39 is 5.60 Å². The number of rotatable bonds is 5. The summed E-state index contributed by atoms with van der Waals surface area (Å²) in [5.74, 6) is 0.243. The summed E-state index contributed by atoms with van der Waals surface area (Å²) in [6.45, 7) is 5.49. The van der Waals surface area contributed by atoms with Crippen LogP contribution in [0.25, 0.3) is 11.1 Å². The molecule has 0 heterocycles. The second kappa shape index (κ2) is 6.84. The number of ether oxygens (including phenoxy) is 2. The fraction of sp³-hybridized carbons (Fsp3) is 0.278. The summed E-state index contributed by atoms with van der Waals surface area (Å²) in [6.07, 6.45) is 0. The van der Waals surface area contributed by atoms with Gasteiger partial charge in [-0.05, 0) is 56.2 Å². The minimum atomic E-state index is -1.02. The van der Waals surface area contributed by atoms with Crippen LogP contribution in [0.1, 0.15) is 20.8 Å². The average molecular weight is 319 g/mol. The predicted octanol–water partition coefficient (Wildman–Crippen LogP) is 4.73. The third-order valence-corrected chi connectivity index (χ3v) is 3.42. The lowest BCUT2D eigenvalue weighted by Gasteiger charge is -2.24. The summed E-state index contributed by atoms with van der Waals surface area (Å²) < 4.78 is 10.7. The molecule has 0 bridgehead atoms. The smallest absolute Gasteiger partial charge is 0.349 e. The molecule has 0 aliphatic carbocycles. The highest BCUT2D eigenvalue weighted by Crippen LogP contribution is 2.26. The molecule has 0 radical (unpaired) electrons. The Morgan fingerprint density at radius 2 is 1.50 bits per heavy atom. The van der Waals surface area contributed by atoms with Crippen molar-refractivity contribution in [3.63, 3.8) is 0 Å². The Morgan fingerprint density at radius 1 is 1.00 bits per heavy atom. The first-order valence-electron chi connectivity index (χ1n) is 7.14. The first kappa shape index (κ1) is 16.4. The summed E-state index contributed by atoms with van der Waals surface area (Å²) in [7, 11) is 0. The third-order valence-electron chi connectivity index (χ3n) is 3.17. The number of benzene rings is 2. The second-order valence-electron chi connectivity index (χ2n) is 5.36. The average Bonchev–Trinajstić information content (AvgIpc) is 2.49. The Morgan fingerprint density at radius 3 is 2.00 bits per heavy atom. The van der Waals surface area contributed by atoms with Crippen molar-refractivity contribution in [2.24, 2.45) is 0 Å². The van der Waals surface area contributed by atoms with Gasteiger partial charge in [-0.1, -0.05) is 35.9 Å². The molecule has 0 fully saturated rings. The lowest BCUT2D eigenvalue weighted by atomic mass is 10.1. The van der Waals surface area contributed by atoms with E-state index in [-0.39, 0.29) is 5.97 Å². The number of carbonyl (C=O) groups excluding carboxylic acids is 1. The van der Waals surface area contributed by atoms with Gasteiger partial charge in [-0.15, -0.1) is 0 Å². The topological polar surface area (TPSA) is 35.5 Å². The molecule has 0 aliphatic heterocycles. The number of carbonyl (C=O) groups is 1. The van der Waals surface area contributed by atoms with Gasteiger partial charge in [0.15, 0.2) is 5.60 Å². The maximum absolute atomic E-state index is 11.8. The fourth-order valence-corrected chi connectivity index (χ4v) is 2.12. The van der Waals surface area contributed by atoms with Gasteiger partial charge in [-0.2, -0.15) is 0 Å². The van der Waals surface area contributed by atoms with E-state index in [0.29, 0.717) is 17.4 Å². The number of hydrogen-bond donors (Lipinski definition) is 0. The zero-order chi connectivity index (χ0) is 16.2. The quantitative estimate of drug-likeness (QED) is 0.748. The van der Waals surface area contributed by atoms with Crippen LogP contribution in [0.3, 0.4) is 0 Å². The molecule has 0 N–H and O–H groups in total. The Hall–Kier alpha value is -2.00. The SMILES string of the molecule is CCOC(=O)C(C)(C)Oc1ccc(-c2ccc(Cl)cc2)cc1. The third kappa shape index (κ3) is 4.01. The molecular formula is C18H19ClO3. The van der Waals surface area contributed by atoms with Gasteiger partial charge in [0.05, 0.1) is 6.61 Å². The van der Waals surface area contributed by atoms with Crippen molar-refractivity contribution in [1.82, 2.24) is 0 Å². The van der Waals surface area contributed by atoms with Crippen molar-refractivity contribution in [2.75, 3.05) is 6.61 Å². The monoisotopic (exact) mass is 318 g/mol. The van der Waals surface area contributed by atoms with Crippen LogP contribution < -0.4 is 4.74 Å². The lowest BCUT2D eigenvalue weighted by Crippen LogP contribution is -2.39. The van der Waals surface area contributed by atoms with Crippen molar-refractivity contribution >= 4 is 17.6 Å². The van der Waals surface area contributed by atoms with Gasteiger partial charge in [0, 0.05) is 5.02 Å². The molecule has 0 aliphatic rings. The van der Waals surface area contributed by atoms with Crippen molar-refractivity contribution in [3.8, 4) is 16.9 Å². The first-order valence-corrected chi connectivity index (χ1v) is 7.52. The minimum absolute atomic E-state index is 0.334. The van der Waals surface area contributed by atoms with Gasteiger partial charge in [-0.25, -0.2) is 4.79 Å². The van der Waals surface area contributed by atoms with Crippen LogP contribution in [0.5, 0.6) is 5.75 Å². The van der Waals surface area contributed by atoms with Crippen molar-refractivity contribution in [3.05, 3.63) is 53.6 Å². The zero-order valence-corrected chi connectivity index (χ0v) is 13.7. The summed E-state index contributed by atoms with van der Waals surface area (Å²) in [4.78, 5) is 11.8. The van der Waals surface area contributed by atoms with Gasteiger partial charge in [0.25, 0.3) is 0 Å². The van der Waals surface area contributed by atoms with Gasteiger partial charge >= 0.3 is 5.97 Å². The Kier molecular flexibility index (Phi) is 5.09. The van der Waals surface area contributed by atoms with E-state index in [9.17, 15) is 4.79 Å². The van der Waals surface area contributed by atoms with Gasteiger partial charge in [-0.3, -0.25) is 0 Å². The van der Waals surface area contributed by atoms with Gasteiger partial charge < -0.3 is 9.47 Å². The fourth-order valence-electron chi connectivity index (χ4n) is 2.00. The van der Waals surface area contributed by atoms with Crippen molar-refractivity contribution < 1.29 is 14.3 Å². The summed E-state index contributed by atoms with van der Waals surface area (Å²) in [5.41, 5.74) is 1.11.